The van der Waals surface area contributed by atoms with Crippen LogP contribution in [0.5, 0.6) is 0 Å². The van der Waals surface area contributed by atoms with E-state index >= 15 is 0 Å². The number of aryl methyl sites for hydroxylation is 1. The number of rotatable bonds is 7. The van der Waals surface area contributed by atoms with Crippen LogP contribution in [0.2, 0.25) is 0 Å². The molecule has 4 nitrogen and oxygen atoms in total. The molecule has 1 aliphatic heterocycles. The lowest BCUT2D eigenvalue weighted by Gasteiger charge is -2.19. The van der Waals surface area contributed by atoms with E-state index in [1.807, 2.05) is 13.2 Å². The molecule has 0 aliphatic carbocycles. The van der Waals surface area contributed by atoms with Crippen molar-refractivity contribution in [1.29, 1.82) is 0 Å². The summed E-state index contributed by atoms with van der Waals surface area (Å²) in [6.45, 7) is 4.13. The fraction of sp³-hybridized carbons (Fsp3) is 0.786. The Labute approximate surface area is 110 Å². The van der Waals surface area contributed by atoms with E-state index < -0.39 is 0 Å². The Morgan fingerprint density at radius 2 is 2.50 bits per heavy atom. The van der Waals surface area contributed by atoms with Gasteiger partial charge < -0.3 is 10.1 Å². The van der Waals surface area contributed by atoms with E-state index in [1.165, 1.54) is 18.5 Å². The Hall–Kier alpha value is -0.870. The van der Waals surface area contributed by atoms with Crippen molar-refractivity contribution in [2.45, 2.75) is 57.7 Å². The summed E-state index contributed by atoms with van der Waals surface area (Å²) in [5.41, 5.74) is 1.30. The molecule has 0 spiro atoms. The molecule has 0 amide bonds. The molecule has 0 aromatic carbocycles. The van der Waals surface area contributed by atoms with E-state index in [-0.39, 0.29) is 0 Å². The highest BCUT2D eigenvalue weighted by atomic mass is 16.5. The van der Waals surface area contributed by atoms with Crippen LogP contribution < -0.4 is 5.32 Å². The first kappa shape index (κ1) is 13.6. The van der Waals surface area contributed by atoms with Crippen molar-refractivity contribution in [3.63, 3.8) is 0 Å². The topological polar surface area (TPSA) is 39.1 Å². The minimum atomic E-state index is 0.392. The van der Waals surface area contributed by atoms with Crippen LogP contribution >= 0.6 is 0 Å². The van der Waals surface area contributed by atoms with Gasteiger partial charge in [-0.2, -0.15) is 5.10 Å². The third-order valence-corrected chi connectivity index (χ3v) is 3.69. The first-order valence-electron chi connectivity index (χ1n) is 7.15. The van der Waals surface area contributed by atoms with Crippen LogP contribution in [0.3, 0.4) is 0 Å². The Morgan fingerprint density at radius 3 is 3.17 bits per heavy atom. The van der Waals surface area contributed by atoms with Crippen LogP contribution in [0.1, 0.15) is 50.8 Å². The molecule has 2 rings (SSSR count). The fourth-order valence-corrected chi connectivity index (χ4v) is 2.70. The molecule has 1 fully saturated rings. The molecule has 4 heteroatoms. The minimum Gasteiger partial charge on any atom is -0.378 e. The van der Waals surface area contributed by atoms with Gasteiger partial charge in [0.25, 0.3) is 0 Å². The van der Waals surface area contributed by atoms with Crippen molar-refractivity contribution >= 4 is 0 Å². The average molecular weight is 251 g/mol. The van der Waals surface area contributed by atoms with Crippen molar-refractivity contribution in [3.05, 3.63) is 18.0 Å². The lowest BCUT2D eigenvalue weighted by molar-refractivity contribution is 0.0995. The summed E-state index contributed by atoms with van der Waals surface area (Å²) < 4.78 is 7.81. The van der Waals surface area contributed by atoms with Gasteiger partial charge in [-0.3, -0.25) is 4.68 Å². The molecule has 0 saturated carbocycles. The van der Waals surface area contributed by atoms with Crippen LogP contribution in [0.4, 0.5) is 0 Å². The van der Waals surface area contributed by atoms with E-state index in [1.54, 1.807) is 0 Å². The van der Waals surface area contributed by atoms with E-state index in [4.69, 9.17) is 4.74 Å². The third-order valence-electron chi connectivity index (χ3n) is 3.69. The molecule has 0 bridgehead atoms. The summed E-state index contributed by atoms with van der Waals surface area (Å²) in [7, 11) is 2.03. The number of nitrogens with one attached hydrogen (secondary N) is 1. The van der Waals surface area contributed by atoms with Crippen LogP contribution in [-0.4, -0.2) is 29.5 Å². The SMILES string of the molecule is CCCn1nccc1C(CCC1CCCO1)NC. The minimum absolute atomic E-state index is 0.392. The second-order valence-corrected chi connectivity index (χ2v) is 5.03. The fourth-order valence-electron chi connectivity index (χ4n) is 2.70. The Kier molecular flexibility index (Phi) is 5.20. The van der Waals surface area contributed by atoms with Gasteiger partial charge in [0.05, 0.1) is 11.8 Å². The maximum atomic E-state index is 5.69. The van der Waals surface area contributed by atoms with Crippen molar-refractivity contribution in [1.82, 2.24) is 15.1 Å². The zero-order valence-corrected chi connectivity index (χ0v) is 11.6. The van der Waals surface area contributed by atoms with Crippen LogP contribution in [-0.2, 0) is 11.3 Å². The molecule has 2 heterocycles. The van der Waals surface area contributed by atoms with Gasteiger partial charge in [0, 0.05) is 25.4 Å². The van der Waals surface area contributed by atoms with Gasteiger partial charge in [-0.1, -0.05) is 6.92 Å². The Morgan fingerprint density at radius 1 is 1.61 bits per heavy atom. The molecular weight excluding hydrogens is 226 g/mol. The number of hydrogen-bond acceptors (Lipinski definition) is 3. The lowest BCUT2D eigenvalue weighted by atomic mass is 10.0. The smallest absolute Gasteiger partial charge is 0.0576 e. The van der Waals surface area contributed by atoms with Gasteiger partial charge in [0.15, 0.2) is 0 Å². The van der Waals surface area contributed by atoms with E-state index in [0.29, 0.717) is 12.1 Å². The summed E-state index contributed by atoms with van der Waals surface area (Å²) in [6, 6.07) is 2.52. The lowest BCUT2D eigenvalue weighted by Crippen LogP contribution is -2.22. The highest BCUT2D eigenvalue weighted by molar-refractivity contribution is 5.07. The second kappa shape index (κ2) is 6.90. The van der Waals surface area contributed by atoms with Gasteiger partial charge in [0.1, 0.15) is 0 Å². The predicted octanol–water partition coefficient (Wildman–Crippen LogP) is 2.51. The number of hydrogen-bond donors (Lipinski definition) is 1. The molecule has 1 aromatic rings. The van der Waals surface area contributed by atoms with Gasteiger partial charge in [0.2, 0.25) is 0 Å². The average Bonchev–Trinajstić information content (AvgIpc) is 3.02. The summed E-state index contributed by atoms with van der Waals surface area (Å²) in [6.07, 6.45) is 8.22. The zero-order valence-electron chi connectivity index (χ0n) is 11.6. The molecule has 2 unspecified atom stereocenters. The van der Waals surface area contributed by atoms with Gasteiger partial charge in [-0.15, -0.1) is 0 Å². The highest BCUT2D eigenvalue weighted by Gasteiger charge is 2.19. The van der Waals surface area contributed by atoms with Crippen molar-refractivity contribution in [3.8, 4) is 0 Å². The standard InChI is InChI=1S/C14H25N3O/c1-3-10-17-14(8-9-16-17)13(15-2)7-6-12-5-4-11-18-12/h8-9,12-13,15H,3-7,10-11H2,1-2H3. The summed E-state index contributed by atoms with van der Waals surface area (Å²) in [4.78, 5) is 0. The molecule has 18 heavy (non-hydrogen) atoms. The summed E-state index contributed by atoms with van der Waals surface area (Å²) in [5.74, 6) is 0. The molecule has 2 atom stereocenters. The monoisotopic (exact) mass is 251 g/mol. The number of ether oxygens (including phenoxy) is 1. The molecule has 1 aliphatic rings. The first-order valence-corrected chi connectivity index (χ1v) is 7.15. The molecular formula is C14H25N3O. The van der Waals surface area contributed by atoms with Crippen LogP contribution in [0.15, 0.2) is 12.3 Å². The maximum absolute atomic E-state index is 5.69. The Balaban J connectivity index is 1.91. The normalized spacial score (nSPS) is 21.3. The van der Waals surface area contributed by atoms with E-state index in [0.717, 1.165) is 32.4 Å². The van der Waals surface area contributed by atoms with Gasteiger partial charge in [-0.05, 0) is 45.2 Å². The molecule has 1 aromatic heterocycles. The molecule has 1 saturated heterocycles. The van der Waals surface area contributed by atoms with Crippen LogP contribution in [0.25, 0.3) is 0 Å². The Bertz CT molecular complexity index is 345. The van der Waals surface area contributed by atoms with Crippen LogP contribution in [0, 0.1) is 0 Å². The van der Waals surface area contributed by atoms with Gasteiger partial charge in [-0.25, -0.2) is 0 Å². The molecule has 1 N–H and O–H groups in total. The second-order valence-electron chi connectivity index (χ2n) is 5.03. The first-order chi connectivity index (χ1) is 8.85. The van der Waals surface area contributed by atoms with E-state index in [9.17, 15) is 0 Å². The highest BCUT2D eigenvalue weighted by Crippen LogP contribution is 2.23. The van der Waals surface area contributed by atoms with Crippen molar-refractivity contribution < 1.29 is 4.74 Å². The summed E-state index contributed by atoms with van der Waals surface area (Å²) in [5, 5.41) is 7.81. The largest absolute Gasteiger partial charge is 0.378 e. The van der Waals surface area contributed by atoms with Crippen molar-refractivity contribution in [2.24, 2.45) is 0 Å². The summed E-state index contributed by atoms with van der Waals surface area (Å²) >= 11 is 0. The molecule has 0 radical (unpaired) electrons. The zero-order chi connectivity index (χ0) is 12.8. The number of nitrogens with zero attached hydrogens (tertiary/aromatic N) is 2. The predicted molar refractivity (Wildman–Crippen MR) is 72.5 cm³/mol. The maximum Gasteiger partial charge on any atom is 0.0576 e. The van der Waals surface area contributed by atoms with Crippen molar-refractivity contribution in [2.75, 3.05) is 13.7 Å². The van der Waals surface area contributed by atoms with E-state index in [2.05, 4.69) is 28.1 Å². The van der Waals surface area contributed by atoms with Gasteiger partial charge >= 0.3 is 0 Å². The quantitative estimate of drug-likeness (QED) is 0.809. The third kappa shape index (κ3) is 3.33. The number of aromatic nitrogens is 2. The molecule has 102 valence electrons.